The van der Waals surface area contributed by atoms with Crippen molar-refractivity contribution in [2.45, 2.75) is 24.4 Å². The van der Waals surface area contributed by atoms with Crippen LogP contribution in [-0.2, 0) is 16.6 Å². The van der Waals surface area contributed by atoms with Crippen molar-refractivity contribution < 1.29 is 8.42 Å². The molecule has 2 aromatic heterocycles. The maximum Gasteiger partial charge on any atom is 0.242 e. The molecule has 0 aromatic carbocycles. The van der Waals surface area contributed by atoms with Crippen LogP contribution in [-0.4, -0.2) is 18.4 Å². The van der Waals surface area contributed by atoms with E-state index in [0.717, 1.165) is 5.01 Å². The minimum atomic E-state index is -3.54. The van der Waals surface area contributed by atoms with Crippen molar-refractivity contribution in [3.05, 3.63) is 34.5 Å². The molecule has 0 spiro atoms. The van der Waals surface area contributed by atoms with Crippen molar-refractivity contribution >= 4 is 21.4 Å². The molecule has 4 N–H and O–H groups in total. The Morgan fingerprint density at radius 1 is 1.61 bits per heavy atom. The third-order valence-electron chi connectivity index (χ3n) is 2.40. The van der Waals surface area contributed by atoms with E-state index >= 15 is 0 Å². The number of rotatable bonds is 5. The van der Waals surface area contributed by atoms with Crippen LogP contribution < -0.4 is 10.5 Å². The average molecular weight is 286 g/mol. The Kier molecular flexibility index (Phi) is 3.81. The van der Waals surface area contributed by atoms with Gasteiger partial charge in [-0.25, -0.2) is 18.1 Å². The van der Waals surface area contributed by atoms with Gasteiger partial charge in [-0.3, -0.25) is 0 Å². The van der Waals surface area contributed by atoms with Gasteiger partial charge in [0.05, 0.1) is 10.9 Å². The lowest BCUT2D eigenvalue weighted by molar-refractivity contribution is 0.566. The third-order valence-corrected chi connectivity index (χ3v) is 4.88. The molecular weight excluding hydrogens is 272 g/mol. The number of aromatic nitrogens is 2. The lowest BCUT2D eigenvalue weighted by Crippen LogP contribution is -2.26. The van der Waals surface area contributed by atoms with Crippen LogP contribution in [0.15, 0.2) is 28.7 Å². The van der Waals surface area contributed by atoms with Gasteiger partial charge >= 0.3 is 0 Å². The van der Waals surface area contributed by atoms with E-state index in [2.05, 4.69) is 14.7 Å². The number of hydrogen-bond donors (Lipinski definition) is 3. The normalized spacial score (nSPS) is 13.7. The summed E-state index contributed by atoms with van der Waals surface area (Å²) in [5.41, 5.74) is 6.11. The predicted molar refractivity (Wildman–Crippen MR) is 69.5 cm³/mol. The van der Waals surface area contributed by atoms with Crippen molar-refractivity contribution in [1.82, 2.24) is 14.7 Å². The molecule has 0 amide bonds. The number of nitrogens with zero attached hydrogens (tertiary/aromatic N) is 1. The molecule has 0 aliphatic rings. The Hall–Kier alpha value is -1.22. The summed E-state index contributed by atoms with van der Waals surface area (Å²) in [6, 6.07) is 1.17. The van der Waals surface area contributed by atoms with Gasteiger partial charge in [-0.1, -0.05) is 0 Å². The number of nitrogens with two attached hydrogens (primary N) is 1. The second-order valence-electron chi connectivity index (χ2n) is 3.78. The molecule has 0 aliphatic heterocycles. The van der Waals surface area contributed by atoms with Gasteiger partial charge in [-0.05, 0) is 13.0 Å². The number of thiazole rings is 1. The zero-order chi connectivity index (χ0) is 13.2. The first kappa shape index (κ1) is 13.2. The molecule has 0 saturated heterocycles. The van der Waals surface area contributed by atoms with Gasteiger partial charge in [0.1, 0.15) is 5.01 Å². The van der Waals surface area contributed by atoms with Gasteiger partial charge in [0, 0.05) is 30.0 Å². The smallest absolute Gasteiger partial charge is 0.242 e. The highest BCUT2D eigenvalue weighted by Crippen LogP contribution is 2.18. The van der Waals surface area contributed by atoms with Gasteiger partial charge < -0.3 is 10.7 Å². The molecule has 18 heavy (non-hydrogen) atoms. The Morgan fingerprint density at radius 3 is 2.94 bits per heavy atom. The summed E-state index contributed by atoms with van der Waals surface area (Å²) in [5.74, 6) is 0. The number of sulfonamides is 1. The number of aromatic amines is 1. The lowest BCUT2D eigenvalue weighted by Gasteiger charge is -2.10. The summed E-state index contributed by atoms with van der Waals surface area (Å²) in [5, 5.41) is 2.54. The van der Waals surface area contributed by atoms with E-state index in [1.54, 1.807) is 13.1 Å². The third kappa shape index (κ3) is 2.78. The van der Waals surface area contributed by atoms with E-state index in [9.17, 15) is 8.42 Å². The molecule has 6 nitrogen and oxygen atoms in total. The first-order valence-electron chi connectivity index (χ1n) is 5.32. The molecule has 98 valence electrons. The summed E-state index contributed by atoms with van der Waals surface area (Å²) in [6.45, 7) is 2.03. The zero-order valence-electron chi connectivity index (χ0n) is 9.75. The van der Waals surface area contributed by atoms with Crippen LogP contribution in [0.25, 0.3) is 0 Å². The number of H-pyrrole nitrogens is 1. The van der Waals surface area contributed by atoms with Gasteiger partial charge in [0.2, 0.25) is 10.0 Å². The van der Waals surface area contributed by atoms with Crippen molar-refractivity contribution in [1.29, 1.82) is 0 Å². The monoisotopic (exact) mass is 286 g/mol. The van der Waals surface area contributed by atoms with Gasteiger partial charge in [-0.15, -0.1) is 11.3 Å². The van der Waals surface area contributed by atoms with Crippen molar-refractivity contribution in [2.75, 3.05) is 0 Å². The first-order chi connectivity index (χ1) is 8.53. The van der Waals surface area contributed by atoms with Crippen LogP contribution in [0.3, 0.4) is 0 Å². The summed E-state index contributed by atoms with van der Waals surface area (Å²) in [7, 11) is -3.54. The molecule has 0 radical (unpaired) electrons. The SMILES string of the molecule is CC(NS(=O)(=O)c1c[nH]c(CN)c1)c1nccs1. The Labute approximate surface area is 109 Å². The fourth-order valence-corrected chi connectivity index (χ4v) is 3.44. The van der Waals surface area contributed by atoms with Crippen LogP contribution >= 0.6 is 11.3 Å². The first-order valence-corrected chi connectivity index (χ1v) is 7.68. The lowest BCUT2D eigenvalue weighted by atomic mass is 10.4. The molecule has 0 aliphatic carbocycles. The molecule has 0 saturated carbocycles. The molecule has 2 rings (SSSR count). The molecule has 0 fully saturated rings. The quantitative estimate of drug-likeness (QED) is 0.762. The summed E-state index contributed by atoms with van der Waals surface area (Å²) in [6.07, 6.45) is 3.08. The highest BCUT2D eigenvalue weighted by Gasteiger charge is 2.20. The Balaban J connectivity index is 2.17. The van der Waals surface area contributed by atoms with E-state index in [-0.39, 0.29) is 17.5 Å². The molecular formula is C10H14N4O2S2. The van der Waals surface area contributed by atoms with E-state index in [1.165, 1.54) is 23.6 Å². The number of hydrogen-bond acceptors (Lipinski definition) is 5. The minimum absolute atomic E-state index is 0.186. The van der Waals surface area contributed by atoms with E-state index in [1.807, 2.05) is 5.38 Å². The summed E-state index contributed by atoms with van der Waals surface area (Å²) >= 11 is 1.41. The highest BCUT2D eigenvalue weighted by molar-refractivity contribution is 7.89. The van der Waals surface area contributed by atoms with Crippen molar-refractivity contribution in [3.63, 3.8) is 0 Å². The second kappa shape index (κ2) is 5.19. The molecule has 8 heteroatoms. The second-order valence-corrected chi connectivity index (χ2v) is 6.42. The van der Waals surface area contributed by atoms with E-state index in [4.69, 9.17) is 5.73 Å². The van der Waals surface area contributed by atoms with Crippen molar-refractivity contribution in [3.8, 4) is 0 Å². The molecule has 1 atom stereocenters. The maximum absolute atomic E-state index is 12.1. The highest BCUT2D eigenvalue weighted by atomic mass is 32.2. The van der Waals surface area contributed by atoms with E-state index < -0.39 is 10.0 Å². The molecule has 2 heterocycles. The van der Waals surface area contributed by atoms with Gasteiger partial charge in [0.25, 0.3) is 0 Å². The fraction of sp³-hybridized carbons (Fsp3) is 0.300. The van der Waals surface area contributed by atoms with Crippen LogP contribution in [0.5, 0.6) is 0 Å². The summed E-state index contributed by atoms with van der Waals surface area (Å²) in [4.78, 5) is 7.08. The average Bonchev–Trinajstić information content (AvgIpc) is 3.00. The maximum atomic E-state index is 12.1. The van der Waals surface area contributed by atoms with Gasteiger partial charge in [-0.2, -0.15) is 0 Å². The molecule has 1 unspecified atom stereocenters. The Morgan fingerprint density at radius 2 is 2.39 bits per heavy atom. The fourth-order valence-electron chi connectivity index (χ4n) is 1.49. The minimum Gasteiger partial charge on any atom is -0.363 e. The molecule has 2 aromatic rings. The van der Waals surface area contributed by atoms with Gasteiger partial charge in [0.15, 0.2) is 0 Å². The van der Waals surface area contributed by atoms with Crippen LogP contribution in [0.1, 0.15) is 23.7 Å². The van der Waals surface area contributed by atoms with Crippen LogP contribution in [0.4, 0.5) is 0 Å². The Bertz CT molecular complexity index is 604. The van der Waals surface area contributed by atoms with Crippen molar-refractivity contribution in [2.24, 2.45) is 5.73 Å². The standard InChI is InChI=1S/C10H14N4O2S2/c1-7(10-12-2-3-17-10)14-18(15,16)9-4-8(5-11)13-6-9/h2-4,6-7,13-14H,5,11H2,1H3. The topological polar surface area (TPSA) is 101 Å². The summed E-state index contributed by atoms with van der Waals surface area (Å²) < 4.78 is 26.7. The zero-order valence-corrected chi connectivity index (χ0v) is 11.4. The molecule has 0 bridgehead atoms. The predicted octanol–water partition coefficient (Wildman–Crippen LogP) is 0.969. The largest absolute Gasteiger partial charge is 0.363 e. The van der Waals surface area contributed by atoms with Crippen LogP contribution in [0, 0.1) is 0 Å². The van der Waals surface area contributed by atoms with Crippen LogP contribution in [0.2, 0.25) is 0 Å². The van der Waals surface area contributed by atoms with E-state index in [0.29, 0.717) is 5.69 Å². The number of nitrogens with one attached hydrogen (secondary N) is 2.